The topological polar surface area (TPSA) is 77.9 Å². The van der Waals surface area contributed by atoms with E-state index in [0.29, 0.717) is 10.6 Å². The quantitative estimate of drug-likeness (QED) is 0.558. The molecule has 0 fully saturated rings. The van der Waals surface area contributed by atoms with Gasteiger partial charge in [0.2, 0.25) is 10.6 Å². The summed E-state index contributed by atoms with van der Waals surface area (Å²) >= 11 is 5.33. The third-order valence-corrected chi connectivity index (χ3v) is 4.66. The highest BCUT2D eigenvalue weighted by atomic mass is 32.1. The Morgan fingerprint density at radius 1 is 1.16 bits per heavy atom. The largest absolute Gasteiger partial charge is 0.378 e. The van der Waals surface area contributed by atoms with Gasteiger partial charge in [0.25, 0.3) is 0 Å². The zero-order chi connectivity index (χ0) is 17.4. The fourth-order valence-corrected chi connectivity index (χ4v) is 3.22. The summed E-state index contributed by atoms with van der Waals surface area (Å²) in [5.41, 5.74) is 5.39. The third-order valence-electron chi connectivity index (χ3n) is 4.40. The first-order chi connectivity index (χ1) is 12.1. The number of H-pyrrole nitrogens is 2. The molecule has 8 heteroatoms. The van der Waals surface area contributed by atoms with Crippen LogP contribution in [0.5, 0.6) is 0 Å². The van der Waals surface area contributed by atoms with E-state index in [0.717, 1.165) is 36.2 Å². The molecule has 0 radical (unpaired) electrons. The second-order valence-corrected chi connectivity index (χ2v) is 6.66. The van der Waals surface area contributed by atoms with Gasteiger partial charge in [-0.05, 0) is 49.2 Å². The SMILES string of the molecule is CN(C)c1ccc(/C=N\n2c(-c3n[nH]c4c3CCC4)n[nH]c2=S)cc1. The minimum atomic E-state index is 0.450. The van der Waals surface area contributed by atoms with Crippen LogP contribution in [-0.2, 0) is 12.8 Å². The molecule has 25 heavy (non-hydrogen) atoms. The van der Waals surface area contributed by atoms with E-state index in [1.165, 1.54) is 11.3 Å². The molecule has 1 aliphatic carbocycles. The maximum Gasteiger partial charge on any atom is 0.216 e. The molecule has 0 amide bonds. The number of anilines is 1. The Balaban J connectivity index is 1.67. The molecule has 7 nitrogen and oxygen atoms in total. The summed E-state index contributed by atoms with van der Waals surface area (Å²) in [6.07, 6.45) is 4.97. The van der Waals surface area contributed by atoms with Gasteiger partial charge in [-0.3, -0.25) is 5.10 Å². The Kier molecular flexibility index (Phi) is 3.96. The number of nitrogens with one attached hydrogen (secondary N) is 2. The monoisotopic (exact) mass is 353 g/mol. The highest BCUT2D eigenvalue weighted by molar-refractivity contribution is 7.71. The lowest BCUT2D eigenvalue weighted by molar-refractivity contribution is 0.844. The van der Waals surface area contributed by atoms with E-state index < -0.39 is 0 Å². The van der Waals surface area contributed by atoms with E-state index >= 15 is 0 Å². The summed E-state index contributed by atoms with van der Waals surface area (Å²) in [6, 6.07) is 8.15. The molecule has 0 bridgehead atoms. The van der Waals surface area contributed by atoms with Crippen LogP contribution in [0.15, 0.2) is 29.4 Å². The maximum absolute atomic E-state index is 5.33. The fraction of sp³-hybridized carbons (Fsp3) is 0.294. The van der Waals surface area contributed by atoms with Crippen LogP contribution in [-0.4, -0.2) is 45.4 Å². The third kappa shape index (κ3) is 2.89. The summed E-state index contributed by atoms with van der Waals surface area (Å²) in [7, 11) is 4.03. The predicted molar refractivity (Wildman–Crippen MR) is 101 cm³/mol. The normalized spacial score (nSPS) is 13.5. The maximum atomic E-state index is 5.33. The number of hydrogen-bond donors (Lipinski definition) is 2. The van der Waals surface area contributed by atoms with E-state index in [2.05, 4.69) is 42.5 Å². The van der Waals surface area contributed by atoms with Crippen molar-refractivity contribution in [2.45, 2.75) is 19.3 Å². The van der Waals surface area contributed by atoms with Crippen molar-refractivity contribution in [3.8, 4) is 11.5 Å². The van der Waals surface area contributed by atoms with Crippen LogP contribution in [0, 0.1) is 4.77 Å². The van der Waals surface area contributed by atoms with E-state index in [9.17, 15) is 0 Å². The lowest BCUT2D eigenvalue weighted by Crippen LogP contribution is -2.08. The first-order valence-electron chi connectivity index (χ1n) is 8.19. The van der Waals surface area contributed by atoms with Crippen molar-refractivity contribution in [3.05, 3.63) is 45.9 Å². The Morgan fingerprint density at radius 2 is 1.96 bits per heavy atom. The van der Waals surface area contributed by atoms with Crippen molar-refractivity contribution < 1.29 is 0 Å². The molecule has 0 atom stereocenters. The van der Waals surface area contributed by atoms with E-state index in [-0.39, 0.29) is 0 Å². The van der Waals surface area contributed by atoms with Crippen LogP contribution in [0.25, 0.3) is 11.5 Å². The zero-order valence-electron chi connectivity index (χ0n) is 14.2. The van der Waals surface area contributed by atoms with Crippen LogP contribution in [0.1, 0.15) is 23.2 Å². The molecule has 4 rings (SSSR count). The van der Waals surface area contributed by atoms with Crippen LogP contribution in [0.4, 0.5) is 5.69 Å². The lowest BCUT2D eigenvalue weighted by atomic mass is 10.2. The van der Waals surface area contributed by atoms with E-state index in [4.69, 9.17) is 12.2 Å². The number of nitrogens with zero attached hydrogens (tertiary/aromatic N) is 5. The first kappa shape index (κ1) is 15.8. The zero-order valence-corrected chi connectivity index (χ0v) is 15.0. The number of aromatic amines is 2. The van der Waals surface area contributed by atoms with Crippen molar-refractivity contribution >= 4 is 24.1 Å². The molecule has 1 aliphatic rings. The van der Waals surface area contributed by atoms with Crippen molar-refractivity contribution in [1.29, 1.82) is 0 Å². The van der Waals surface area contributed by atoms with Crippen molar-refractivity contribution in [1.82, 2.24) is 25.1 Å². The van der Waals surface area contributed by atoms with Gasteiger partial charge in [0.05, 0.1) is 6.21 Å². The molecule has 0 saturated carbocycles. The predicted octanol–water partition coefficient (Wildman–Crippen LogP) is 2.77. The molecule has 2 heterocycles. The Hall–Kier alpha value is -2.74. The summed E-state index contributed by atoms with van der Waals surface area (Å²) in [4.78, 5) is 2.06. The number of rotatable bonds is 4. The average molecular weight is 353 g/mol. The Labute approximate surface area is 150 Å². The number of benzene rings is 1. The number of fused-ring (bicyclic) bond motifs is 1. The van der Waals surface area contributed by atoms with Gasteiger partial charge >= 0.3 is 0 Å². The number of aryl methyl sites for hydroxylation is 1. The van der Waals surface area contributed by atoms with Gasteiger partial charge in [-0.1, -0.05) is 12.1 Å². The van der Waals surface area contributed by atoms with Gasteiger partial charge in [0.15, 0.2) is 0 Å². The van der Waals surface area contributed by atoms with Crippen molar-refractivity contribution in [2.75, 3.05) is 19.0 Å². The van der Waals surface area contributed by atoms with E-state index in [1.807, 2.05) is 26.2 Å². The van der Waals surface area contributed by atoms with Gasteiger partial charge in [-0.25, -0.2) is 5.10 Å². The highest BCUT2D eigenvalue weighted by Gasteiger charge is 2.23. The molecule has 128 valence electrons. The smallest absolute Gasteiger partial charge is 0.216 e. The summed E-state index contributed by atoms with van der Waals surface area (Å²) < 4.78 is 2.08. The molecule has 0 saturated heterocycles. The molecule has 0 aliphatic heterocycles. The van der Waals surface area contributed by atoms with Gasteiger partial charge in [0, 0.05) is 31.0 Å². The van der Waals surface area contributed by atoms with Crippen LogP contribution < -0.4 is 4.90 Å². The van der Waals surface area contributed by atoms with Crippen molar-refractivity contribution in [3.63, 3.8) is 0 Å². The molecular weight excluding hydrogens is 334 g/mol. The van der Waals surface area contributed by atoms with Gasteiger partial charge < -0.3 is 4.90 Å². The molecule has 2 aromatic heterocycles. The molecule has 1 aromatic carbocycles. The van der Waals surface area contributed by atoms with Gasteiger partial charge in [-0.15, -0.1) is 0 Å². The minimum Gasteiger partial charge on any atom is -0.378 e. The number of hydrogen-bond acceptors (Lipinski definition) is 5. The molecule has 0 spiro atoms. The molecule has 3 aromatic rings. The van der Waals surface area contributed by atoms with Crippen LogP contribution in [0.3, 0.4) is 0 Å². The Morgan fingerprint density at radius 3 is 2.72 bits per heavy atom. The number of aromatic nitrogens is 5. The minimum absolute atomic E-state index is 0.450. The van der Waals surface area contributed by atoms with Gasteiger partial charge in [0.1, 0.15) is 5.69 Å². The van der Waals surface area contributed by atoms with Gasteiger partial charge in [-0.2, -0.15) is 20.0 Å². The summed E-state index contributed by atoms with van der Waals surface area (Å²) in [6.45, 7) is 0. The second-order valence-electron chi connectivity index (χ2n) is 6.28. The standard InChI is InChI=1S/C17H19N7S/c1-23(2)12-8-6-11(7-9-12)10-18-24-16(21-22-17(24)25)15-13-4-3-5-14(13)19-20-15/h6-10H,3-5H2,1-2H3,(H,19,20)(H,22,25)/b18-10-. The Bertz CT molecular complexity index is 975. The summed E-state index contributed by atoms with van der Waals surface area (Å²) in [5, 5.41) is 19.2. The van der Waals surface area contributed by atoms with Crippen LogP contribution in [0.2, 0.25) is 0 Å². The fourth-order valence-electron chi connectivity index (χ4n) is 3.04. The highest BCUT2D eigenvalue weighted by Crippen LogP contribution is 2.29. The molecule has 2 N–H and O–H groups in total. The first-order valence-corrected chi connectivity index (χ1v) is 8.60. The summed E-state index contributed by atoms with van der Waals surface area (Å²) in [5.74, 6) is 0.644. The van der Waals surface area contributed by atoms with Crippen LogP contribution >= 0.6 is 12.2 Å². The van der Waals surface area contributed by atoms with E-state index in [1.54, 1.807) is 10.9 Å². The lowest BCUT2D eigenvalue weighted by Gasteiger charge is -2.11. The second kappa shape index (κ2) is 6.29. The molecule has 0 unspecified atom stereocenters. The molecular formula is C17H19N7S. The average Bonchev–Trinajstić information content (AvgIpc) is 3.29. The van der Waals surface area contributed by atoms with Crippen molar-refractivity contribution in [2.24, 2.45) is 5.10 Å².